The van der Waals surface area contributed by atoms with E-state index in [9.17, 15) is 9.59 Å². The highest BCUT2D eigenvalue weighted by molar-refractivity contribution is 6.35. The number of nitrogens with one attached hydrogen (secondary N) is 1. The number of hydrogen-bond donors (Lipinski definition) is 1. The topological polar surface area (TPSA) is 49.4 Å². The highest BCUT2D eigenvalue weighted by Crippen LogP contribution is 2.24. The van der Waals surface area contributed by atoms with Gasteiger partial charge in [0.25, 0.3) is 5.91 Å². The molecule has 6 heteroatoms. The van der Waals surface area contributed by atoms with Crippen LogP contribution in [0.15, 0.2) is 42.5 Å². The number of carbonyl (C=O) groups is 2. The Morgan fingerprint density at radius 2 is 1.89 bits per heavy atom. The van der Waals surface area contributed by atoms with Crippen LogP contribution in [0.25, 0.3) is 0 Å². The lowest BCUT2D eigenvalue weighted by atomic mass is 10.1. The van der Waals surface area contributed by atoms with E-state index in [4.69, 9.17) is 23.2 Å². The summed E-state index contributed by atoms with van der Waals surface area (Å²) in [4.78, 5) is 27.1. The molecule has 142 valence electrons. The molecule has 0 saturated carbocycles. The van der Waals surface area contributed by atoms with E-state index in [1.54, 1.807) is 23.1 Å². The Bertz CT molecular complexity index is 834. The van der Waals surface area contributed by atoms with Gasteiger partial charge in [-0.2, -0.15) is 0 Å². The van der Waals surface area contributed by atoms with Gasteiger partial charge in [-0.3, -0.25) is 9.59 Å². The summed E-state index contributed by atoms with van der Waals surface area (Å²) < 4.78 is 0. The molecule has 1 N–H and O–H groups in total. The van der Waals surface area contributed by atoms with Crippen LogP contribution in [0.2, 0.25) is 10.0 Å². The lowest BCUT2D eigenvalue weighted by Crippen LogP contribution is -2.46. The molecule has 3 rings (SSSR count). The Hall–Kier alpha value is -2.04. The molecule has 2 aromatic carbocycles. The molecule has 0 spiro atoms. The molecule has 1 saturated heterocycles. The Balaban J connectivity index is 1.61. The zero-order valence-corrected chi connectivity index (χ0v) is 16.7. The third-order valence-electron chi connectivity index (χ3n) is 4.72. The third-order valence-corrected chi connectivity index (χ3v) is 5.16. The van der Waals surface area contributed by atoms with Gasteiger partial charge in [-0.25, -0.2) is 0 Å². The molecule has 2 amide bonds. The van der Waals surface area contributed by atoms with Crippen LogP contribution in [0.1, 0.15) is 34.3 Å². The summed E-state index contributed by atoms with van der Waals surface area (Å²) in [6.45, 7) is 3.15. The zero-order chi connectivity index (χ0) is 19.4. The number of benzene rings is 2. The minimum atomic E-state index is -0.451. The molecular formula is C21H22Cl2N2O2. The van der Waals surface area contributed by atoms with E-state index >= 15 is 0 Å². The normalized spacial score (nSPS) is 16.4. The van der Waals surface area contributed by atoms with Crippen molar-refractivity contribution in [2.24, 2.45) is 0 Å². The maximum Gasteiger partial charge on any atom is 0.254 e. The van der Waals surface area contributed by atoms with E-state index in [1.165, 1.54) is 11.1 Å². The van der Waals surface area contributed by atoms with Gasteiger partial charge in [0.15, 0.2) is 0 Å². The Morgan fingerprint density at radius 3 is 2.59 bits per heavy atom. The minimum Gasteiger partial charge on any atom is -0.354 e. The second-order valence-corrected chi connectivity index (χ2v) is 7.72. The molecule has 1 unspecified atom stereocenters. The lowest BCUT2D eigenvalue weighted by molar-refractivity contribution is -0.124. The lowest BCUT2D eigenvalue weighted by Gasteiger charge is -2.24. The molecule has 0 bridgehead atoms. The maximum absolute atomic E-state index is 12.8. The van der Waals surface area contributed by atoms with Crippen LogP contribution in [0, 0.1) is 6.92 Å². The van der Waals surface area contributed by atoms with Crippen LogP contribution in [0.4, 0.5) is 0 Å². The molecular weight excluding hydrogens is 383 g/mol. The smallest absolute Gasteiger partial charge is 0.254 e. The van der Waals surface area contributed by atoms with Crippen LogP contribution in [-0.4, -0.2) is 35.8 Å². The van der Waals surface area contributed by atoms with Crippen molar-refractivity contribution >= 4 is 35.0 Å². The third kappa shape index (κ3) is 5.02. The van der Waals surface area contributed by atoms with Crippen LogP contribution in [-0.2, 0) is 11.2 Å². The van der Waals surface area contributed by atoms with Crippen LogP contribution >= 0.6 is 23.2 Å². The number of aryl methyl sites for hydroxylation is 1. The number of hydrogen-bond acceptors (Lipinski definition) is 2. The van der Waals surface area contributed by atoms with Gasteiger partial charge in [-0.05, 0) is 49.9 Å². The van der Waals surface area contributed by atoms with Crippen molar-refractivity contribution in [1.82, 2.24) is 10.2 Å². The second kappa shape index (κ2) is 8.77. The standard InChI is InChI=1S/C21H22Cl2N2O2/c1-14-4-2-5-15(10-14)7-8-24-20(26)19-6-3-9-25(19)21(27)16-11-17(22)13-18(23)12-16/h2,4-5,10-13,19H,3,6-9H2,1H3,(H,24,26). The first-order chi connectivity index (χ1) is 12.9. The van der Waals surface area contributed by atoms with Gasteiger partial charge in [-0.15, -0.1) is 0 Å². The molecule has 1 heterocycles. The van der Waals surface area contributed by atoms with E-state index in [1.807, 2.05) is 25.1 Å². The predicted octanol–water partition coefficient (Wildman–Crippen LogP) is 4.27. The van der Waals surface area contributed by atoms with E-state index in [-0.39, 0.29) is 11.8 Å². The van der Waals surface area contributed by atoms with Crippen molar-refractivity contribution in [1.29, 1.82) is 0 Å². The average molecular weight is 405 g/mol. The van der Waals surface area contributed by atoms with Gasteiger partial charge >= 0.3 is 0 Å². The first kappa shape index (κ1) is 19.7. The van der Waals surface area contributed by atoms with Gasteiger partial charge in [0.05, 0.1) is 0 Å². The summed E-state index contributed by atoms with van der Waals surface area (Å²) in [7, 11) is 0. The molecule has 0 radical (unpaired) electrons. The largest absolute Gasteiger partial charge is 0.354 e. The summed E-state index contributed by atoms with van der Waals surface area (Å²) in [5.41, 5.74) is 2.79. The Labute approximate surface area is 169 Å². The van der Waals surface area contributed by atoms with Crippen molar-refractivity contribution in [2.45, 2.75) is 32.2 Å². The number of likely N-dealkylation sites (tertiary alicyclic amines) is 1. The highest BCUT2D eigenvalue weighted by Gasteiger charge is 2.34. The monoisotopic (exact) mass is 404 g/mol. The van der Waals surface area contributed by atoms with Crippen molar-refractivity contribution in [3.8, 4) is 0 Å². The Kier molecular flexibility index (Phi) is 6.40. The minimum absolute atomic E-state index is 0.110. The van der Waals surface area contributed by atoms with Gasteiger partial charge in [0, 0.05) is 28.7 Å². The predicted molar refractivity (Wildman–Crippen MR) is 108 cm³/mol. The SMILES string of the molecule is Cc1cccc(CCNC(=O)C2CCCN2C(=O)c2cc(Cl)cc(Cl)c2)c1. The summed E-state index contributed by atoms with van der Waals surface area (Å²) in [6, 6.07) is 12.5. The van der Waals surface area contributed by atoms with Crippen molar-refractivity contribution in [3.63, 3.8) is 0 Å². The van der Waals surface area contributed by atoms with E-state index in [0.29, 0.717) is 35.1 Å². The van der Waals surface area contributed by atoms with Gasteiger partial charge in [-0.1, -0.05) is 53.0 Å². The first-order valence-electron chi connectivity index (χ1n) is 9.04. The van der Waals surface area contributed by atoms with Crippen LogP contribution in [0.5, 0.6) is 0 Å². The maximum atomic E-state index is 12.8. The number of rotatable bonds is 5. The fraction of sp³-hybridized carbons (Fsp3) is 0.333. The van der Waals surface area contributed by atoms with Gasteiger partial charge in [0.1, 0.15) is 6.04 Å². The number of amides is 2. The van der Waals surface area contributed by atoms with Gasteiger partial charge < -0.3 is 10.2 Å². The number of carbonyl (C=O) groups excluding carboxylic acids is 2. The van der Waals surface area contributed by atoms with Crippen LogP contribution in [0.3, 0.4) is 0 Å². The summed E-state index contributed by atoms with van der Waals surface area (Å²) in [6.07, 6.45) is 2.23. The first-order valence-corrected chi connectivity index (χ1v) is 9.80. The van der Waals surface area contributed by atoms with Crippen molar-refractivity contribution in [2.75, 3.05) is 13.1 Å². The number of nitrogens with zero attached hydrogens (tertiary/aromatic N) is 1. The Morgan fingerprint density at radius 1 is 1.15 bits per heavy atom. The molecule has 2 aromatic rings. The highest BCUT2D eigenvalue weighted by atomic mass is 35.5. The van der Waals surface area contributed by atoms with Gasteiger partial charge in [0.2, 0.25) is 5.91 Å². The van der Waals surface area contributed by atoms with Crippen molar-refractivity contribution < 1.29 is 9.59 Å². The van der Waals surface area contributed by atoms with E-state index in [0.717, 1.165) is 12.8 Å². The molecule has 1 fully saturated rings. The van der Waals surface area contributed by atoms with Crippen molar-refractivity contribution in [3.05, 3.63) is 69.2 Å². The van der Waals surface area contributed by atoms with Crippen LogP contribution < -0.4 is 5.32 Å². The molecule has 0 aromatic heterocycles. The van der Waals surface area contributed by atoms with E-state index in [2.05, 4.69) is 11.4 Å². The molecule has 1 atom stereocenters. The molecule has 4 nitrogen and oxygen atoms in total. The molecule has 0 aliphatic carbocycles. The fourth-order valence-electron chi connectivity index (χ4n) is 3.44. The fourth-order valence-corrected chi connectivity index (χ4v) is 3.97. The second-order valence-electron chi connectivity index (χ2n) is 6.84. The molecule has 1 aliphatic heterocycles. The summed E-state index contributed by atoms with van der Waals surface area (Å²) in [5, 5.41) is 3.78. The number of halogens is 2. The summed E-state index contributed by atoms with van der Waals surface area (Å²) >= 11 is 12.0. The molecule has 27 heavy (non-hydrogen) atoms. The average Bonchev–Trinajstić information content (AvgIpc) is 3.10. The molecule has 1 aliphatic rings. The zero-order valence-electron chi connectivity index (χ0n) is 15.2. The van der Waals surface area contributed by atoms with E-state index < -0.39 is 6.04 Å². The quantitative estimate of drug-likeness (QED) is 0.808. The summed E-state index contributed by atoms with van der Waals surface area (Å²) in [5.74, 6) is -0.322.